The molecule has 0 atom stereocenters. The molecule has 0 bridgehead atoms. The van der Waals surface area contributed by atoms with E-state index in [0.717, 1.165) is 104 Å². The molecule has 3 fully saturated rings. The maximum absolute atomic E-state index is 14.0. The van der Waals surface area contributed by atoms with Gasteiger partial charge >= 0.3 is 0 Å². The number of rotatable bonds is 16. The predicted molar refractivity (Wildman–Crippen MR) is 277 cm³/mol. The van der Waals surface area contributed by atoms with E-state index in [4.69, 9.17) is 0 Å². The Morgan fingerprint density at radius 2 is 0.914 bits per heavy atom. The van der Waals surface area contributed by atoms with Crippen LogP contribution >= 0.6 is 0 Å². The van der Waals surface area contributed by atoms with E-state index in [1.807, 2.05) is 91.9 Å². The van der Waals surface area contributed by atoms with Crippen LogP contribution in [-0.4, -0.2) is 134 Å². The highest BCUT2D eigenvalue weighted by molar-refractivity contribution is 6.19. The molecule has 0 aromatic heterocycles. The minimum absolute atomic E-state index is 0.0264. The van der Waals surface area contributed by atoms with Crippen LogP contribution < -0.4 is 25.8 Å². The summed E-state index contributed by atoms with van der Waals surface area (Å²) in [5, 5.41) is 9.31. The van der Waals surface area contributed by atoms with Gasteiger partial charge in [0.25, 0.3) is 11.8 Å². The molecule has 0 unspecified atom stereocenters. The number of carbonyl (C=O) groups excluding carboxylic acids is 5. The van der Waals surface area contributed by atoms with Gasteiger partial charge in [0.1, 0.15) is 0 Å². The summed E-state index contributed by atoms with van der Waals surface area (Å²) < 4.78 is 0. The average Bonchev–Trinajstić information content (AvgIpc) is 3.71. The van der Waals surface area contributed by atoms with Crippen LogP contribution in [0.25, 0.3) is 0 Å². The molecule has 9 rings (SSSR count). The van der Waals surface area contributed by atoms with Gasteiger partial charge in [-0.1, -0.05) is 81.1 Å². The van der Waals surface area contributed by atoms with Crippen molar-refractivity contribution < 1.29 is 24.0 Å². The standard InChI is InChI=1S/C56H71N9O5/c1-2-52(66)57-43-37-60(29-13-11-15-41-25-31-62(32-26-41)39-53(67)64-48-21-7-3-17-44(48)55(69)58-46-19-5-9-23-50(46)64)35-36-61(38-43)30-14-12-16-42-27-33-63(34-28-42)40-54(68)65-49-22-8-4-18-45(49)56(70)59-47-20-6-10-24-51(47)65/h3-10,17-24,41-43H,2,11-16,25-40H2,1H3,(H,57,66)(H,58,69)(H,59,70). The third-order valence-corrected chi connectivity index (χ3v) is 15.2. The Morgan fingerprint density at radius 3 is 1.34 bits per heavy atom. The summed E-state index contributed by atoms with van der Waals surface area (Å²) in [5.74, 6) is 0.961. The number of fused-ring (bicyclic) bond motifs is 4. The number of benzene rings is 4. The highest BCUT2D eigenvalue weighted by atomic mass is 16.2. The molecule has 4 aromatic rings. The summed E-state index contributed by atoms with van der Waals surface area (Å²) in [5.41, 5.74) is 4.92. The van der Waals surface area contributed by atoms with Crippen molar-refractivity contribution in [3.63, 3.8) is 0 Å². The van der Waals surface area contributed by atoms with Crippen molar-refractivity contribution in [2.24, 2.45) is 11.8 Å². The minimum atomic E-state index is -0.205. The Bertz CT molecular complexity index is 2320. The summed E-state index contributed by atoms with van der Waals surface area (Å²) in [6, 6.07) is 29.8. The van der Waals surface area contributed by atoms with E-state index >= 15 is 0 Å². The summed E-state index contributed by atoms with van der Waals surface area (Å²) in [6.07, 6.45) is 11.8. The number of carbonyl (C=O) groups is 5. The van der Waals surface area contributed by atoms with Crippen LogP contribution in [0, 0.1) is 11.8 Å². The summed E-state index contributed by atoms with van der Waals surface area (Å²) in [6.45, 7) is 12.0. The van der Waals surface area contributed by atoms with E-state index < -0.39 is 0 Å². The number of likely N-dealkylation sites (tertiary alicyclic amines) is 2. The molecule has 5 aliphatic rings. The Kier molecular flexibility index (Phi) is 16.3. The van der Waals surface area contributed by atoms with E-state index in [1.54, 1.807) is 21.9 Å². The highest BCUT2D eigenvalue weighted by Gasteiger charge is 2.33. The maximum Gasteiger partial charge on any atom is 0.257 e. The molecule has 5 heterocycles. The van der Waals surface area contributed by atoms with Crippen molar-refractivity contribution in [1.29, 1.82) is 0 Å². The third-order valence-electron chi connectivity index (χ3n) is 15.2. The zero-order valence-corrected chi connectivity index (χ0v) is 41.0. The van der Waals surface area contributed by atoms with Gasteiger partial charge in [-0.2, -0.15) is 0 Å². The zero-order chi connectivity index (χ0) is 48.4. The van der Waals surface area contributed by atoms with Gasteiger partial charge < -0.3 is 16.0 Å². The fourth-order valence-corrected chi connectivity index (χ4v) is 11.3. The summed E-state index contributed by atoms with van der Waals surface area (Å²) >= 11 is 0. The first-order valence-corrected chi connectivity index (χ1v) is 26.0. The number of nitrogens with one attached hydrogen (secondary N) is 3. The number of hydrogen-bond acceptors (Lipinski definition) is 9. The summed E-state index contributed by atoms with van der Waals surface area (Å²) in [7, 11) is 0. The van der Waals surface area contributed by atoms with E-state index in [1.165, 1.54) is 25.7 Å². The number of amides is 5. The van der Waals surface area contributed by atoms with Crippen LogP contribution in [0.2, 0.25) is 0 Å². The van der Waals surface area contributed by atoms with E-state index in [2.05, 4.69) is 35.6 Å². The quantitative estimate of drug-likeness (QED) is 0.0951. The van der Waals surface area contributed by atoms with Crippen molar-refractivity contribution in [2.45, 2.75) is 83.6 Å². The van der Waals surface area contributed by atoms with E-state index in [0.29, 0.717) is 76.6 Å². The van der Waals surface area contributed by atoms with Gasteiger partial charge in [-0.25, -0.2) is 0 Å². The van der Waals surface area contributed by atoms with Gasteiger partial charge in [0.15, 0.2) is 0 Å². The molecule has 0 aliphatic carbocycles. The molecule has 5 aliphatic heterocycles. The van der Waals surface area contributed by atoms with Crippen LogP contribution in [0.5, 0.6) is 0 Å². The Balaban J connectivity index is 0.678. The van der Waals surface area contributed by atoms with Crippen molar-refractivity contribution in [3.8, 4) is 0 Å². The Morgan fingerprint density at radius 1 is 0.514 bits per heavy atom. The van der Waals surface area contributed by atoms with Gasteiger partial charge in [0.05, 0.1) is 64.4 Å². The van der Waals surface area contributed by atoms with Crippen molar-refractivity contribution >= 4 is 63.7 Å². The Hall–Kier alpha value is -5.93. The first kappa shape index (κ1) is 49.1. The van der Waals surface area contributed by atoms with Gasteiger partial charge in [-0.05, 0) is 138 Å². The lowest BCUT2D eigenvalue weighted by Gasteiger charge is -2.33. The molecular weight excluding hydrogens is 879 g/mol. The molecule has 3 saturated heterocycles. The number of anilines is 6. The lowest BCUT2D eigenvalue weighted by molar-refractivity contribution is -0.122. The Labute approximate surface area is 413 Å². The van der Waals surface area contributed by atoms with Gasteiger partial charge in [-0.15, -0.1) is 0 Å². The van der Waals surface area contributed by atoms with E-state index in [-0.39, 0.29) is 35.6 Å². The number of hydrogen-bond donors (Lipinski definition) is 3. The number of unbranched alkanes of at least 4 members (excludes halogenated alkanes) is 2. The van der Waals surface area contributed by atoms with Crippen LogP contribution in [0.4, 0.5) is 34.1 Å². The van der Waals surface area contributed by atoms with Crippen molar-refractivity contribution in [2.75, 3.05) is 99.0 Å². The van der Waals surface area contributed by atoms with Gasteiger partial charge in [-0.3, -0.25) is 53.4 Å². The molecule has 0 radical (unpaired) electrons. The molecule has 0 saturated carbocycles. The number of para-hydroxylation sites is 6. The van der Waals surface area contributed by atoms with Crippen molar-refractivity contribution in [1.82, 2.24) is 24.9 Å². The van der Waals surface area contributed by atoms with Gasteiger partial charge in [0, 0.05) is 32.6 Å². The first-order valence-electron chi connectivity index (χ1n) is 26.0. The van der Waals surface area contributed by atoms with Crippen molar-refractivity contribution in [3.05, 3.63) is 108 Å². The molecule has 0 spiro atoms. The lowest BCUT2D eigenvalue weighted by atomic mass is 9.91. The molecule has 5 amide bonds. The van der Waals surface area contributed by atoms with Crippen LogP contribution in [0.3, 0.4) is 0 Å². The second-order valence-corrected chi connectivity index (χ2v) is 20.1. The molecule has 14 heteroatoms. The van der Waals surface area contributed by atoms with Gasteiger partial charge in [0.2, 0.25) is 17.7 Å². The monoisotopic (exact) mass is 950 g/mol. The second-order valence-electron chi connectivity index (χ2n) is 20.1. The average molecular weight is 950 g/mol. The van der Waals surface area contributed by atoms with Crippen LogP contribution in [0.15, 0.2) is 97.1 Å². The highest BCUT2D eigenvalue weighted by Crippen LogP contribution is 2.40. The largest absolute Gasteiger partial charge is 0.351 e. The predicted octanol–water partition coefficient (Wildman–Crippen LogP) is 8.12. The fourth-order valence-electron chi connectivity index (χ4n) is 11.3. The topological polar surface area (TPSA) is 141 Å². The number of piperidine rings is 2. The SMILES string of the molecule is CCC(=O)NC1CN(CCCCC2CCN(CC(=O)N3c4ccccc4NC(=O)c4ccccc43)CC2)CCN(CCCCC2CCN(CC(=O)N3c4ccccc4NC(=O)c4ccccc43)CC2)C1. The fraction of sp³-hybridized carbons (Fsp3) is 0.482. The first-order chi connectivity index (χ1) is 34.2. The summed E-state index contributed by atoms with van der Waals surface area (Å²) in [4.78, 5) is 79.8. The van der Waals surface area contributed by atoms with Crippen LogP contribution in [-0.2, 0) is 14.4 Å². The minimum Gasteiger partial charge on any atom is -0.351 e. The maximum atomic E-state index is 14.0. The zero-order valence-electron chi connectivity index (χ0n) is 41.0. The third kappa shape index (κ3) is 12.0. The molecule has 370 valence electrons. The normalized spacial score (nSPS) is 18.9. The lowest BCUT2D eigenvalue weighted by Crippen LogP contribution is -2.46. The molecule has 14 nitrogen and oxygen atoms in total. The molecule has 3 N–H and O–H groups in total. The van der Waals surface area contributed by atoms with E-state index in [9.17, 15) is 24.0 Å². The smallest absolute Gasteiger partial charge is 0.257 e. The molecular formula is C56H71N9O5. The van der Waals surface area contributed by atoms with Crippen LogP contribution in [0.1, 0.15) is 98.3 Å². The second kappa shape index (κ2) is 23.3. The number of nitrogens with zero attached hydrogens (tertiary/aromatic N) is 6. The molecule has 4 aromatic carbocycles. The molecule has 70 heavy (non-hydrogen) atoms.